The molecular weight excluding hydrogens is 985 g/mol. The van der Waals surface area contributed by atoms with Crippen molar-refractivity contribution in [2.24, 2.45) is 0 Å². The van der Waals surface area contributed by atoms with Gasteiger partial charge in [-0.1, -0.05) is 262 Å². The van der Waals surface area contributed by atoms with Gasteiger partial charge in [-0.05, 0) is 148 Å². The summed E-state index contributed by atoms with van der Waals surface area (Å²) in [7, 11) is 0. The van der Waals surface area contributed by atoms with Gasteiger partial charge in [0, 0.05) is 19.3 Å². The Kier molecular flexibility index (Phi) is 62.4. The quantitative estimate of drug-likeness (QED) is 0.0261. The summed E-state index contributed by atoms with van der Waals surface area (Å²) in [6.45, 7) is 6.35. The normalized spacial score (nSPS) is 13.2. The van der Waals surface area contributed by atoms with E-state index in [4.69, 9.17) is 14.2 Å². The Hall–Kier alpha value is -4.97. The maximum absolute atomic E-state index is 12.9. The van der Waals surface area contributed by atoms with Gasteiger partial charge in [-0.3, -0.25) is 14.4 Å². The molecule has 80 heavy (non-hydrogen) atoms. The molecule has 0 aromatic heterocycles. The van der Waals surface area contributed by atoms with E-state index in [1.54, 1.807) is 0 Å². The highest BCUT2D eigenvalue weighted by Gasteiger charge is 2.19. The van der Waals surface area contributed by atoms with Crippen molar-refractivity contribution >= 4 is 17.9 Å². The minimum Gasteiger partial charge on any atom is -0.462 e. The third-order valence-corrected chi connectivity index (χ3v) is 13.2. The van der Waals surface area contributed by atoms with Gasteiger partial charge in [0.1, 0.15) is 13.2 Å². The van der Waals surface area contributed by atoms with E-state index in [1.807, 2.05) is 0 Å². The molecule has 0 aromatic carbocycles. The van der Waals surface area contributed by atoms with Crippen LogP contribution in [0.1, 0.15) is 271 Å². The summed E-state index contributed by atoms with van der Waals surface area (Å²) in [5.41, 5.74) is 0. The predicted molar refractivity (Wildman–Crippen MR) is 348 cm³/mol. The molecule has 0 saturated carbocycles. The Bertz CT molecular complexity index is 1790. The fraction of sp³-hybridized carbons (Fsp3) is 0.608. The summed E-state index contributed by atoms with van der Waals surface area (Å²) in [4.78, 5) is 38.3. The van der Waals surface area contributed by atoms with Crippen molar-refractivity contribution < 1.29 is 28.6 Å². The van der Waals surface area contributed by atoms with Crippen LogP contribution < -0.4 is 0 Å². The highest BCUT2D eigenvalue weighted by molar-refractivity contribution is 5.71. The summed E-state index contributed by atoms with van der Waals surface area (Å²) < 4.78 is 16.9. The zero-order valence-corrected chi connectivity index (χ0v) is 51.5. The maximum atomic E-state index is 12.9. The standard InChI is InChI=1S/C74H118O6/c1-4-7-10-13-16-19-22-25-27-29-31-33-34-35-36-37-38-39-40-42-43-45-47-49-52-55-58-61-64-67-73(76)79-70-71(69-78-72(75)66-63-60-57-54-51-24-21-18-15-12-9-6-3)80-74(77)68-65-62-59-56-53-50-48-46-44-41-32-30-28-26-23-20-17-14-11-8-5-2/h7-8,10-11,16-21,25-28,31-33,35-36,38-39,41-43,46,48,71H,4-6,9,12-15,22-24,29-30,34,37,40,44-45,47,49-70H2,1-3H3/b10-7-,11-8-,19-16-,20-17-,21-18-,27-25-,28-26-,33-31-,36-35-,39-38-,41-32-,43-42-,48-46-. The number of hydrogen-bond acceptors (Lipinski definition) is 6. The van der Waals surface area contributed by atoms with Gasteiger partial charge in [0.15, 0.2) is 6.10 Å². The summed E-state index contributed by atoms with van der Waals surface area (Å²) in [6.07, 6.45) is 96.7. The van der Waals surface area contributed by atoms with Gasteiger partial charge in [0.25, 0.3) is 0 Å². The van der Waals surface area contributed by atoms with Crippen LogP contribution in [0.3, 0.4) is 0 Å². The Labute approximate surface area is 492 Å². The van der Waals surface area contributed by atoms with Gasteiger partial charge in [-0.15, -0.1) is 0 Å². The minimum absolute atomic E-state index is 0.0997. The highest BCUT2D eigenvalue weighted by atomic mass is 16.6. The Balaban J connectivity index is 4.39. The zero-order chi connectivity index (χ0) is 57.8. The number of esters is 3. The van der Waals surface area contributed by atoms with Crippen LogP contribution in [-0.2, 0) is 28.6 Å². The van der Waals surface area contributed by atoms with E-state index in [0.29, 0.717) is 19.3 Å². The third kappa shape index (κ3) is 63.9. The van der Waals surface area contributed by atoms with Crippen LogP contribution in [0.25, 0.3) is 0 Å². The number of ether oxygens (including phenoxy) is 3. The zero-order valence-electron chi connectivity index (χ0n) is 51.5. The molecule has 0 aromatic rings. The SMILES string of the molecule is CC/C=C\C/C=C\C/C=C\C/C=C\C/C=C\C/C=C\C/C=C\CCCCCCCCCC(=O)OCC(COC(=O)CCCCCCC/C=C\CCCCC)OC(=O)CCCCCCC/C=C\C/C=C\C/C=C\C/C=C\C/C=C\CC. The van der Waals surface area contributed by atoms with Crippen LogP contribution >= 0.6 is 0 Å². The first-order valence-electron chi connectivity index (χ1n) is 32.5. The minimum atomic E-state index is -0.805. The van der Waals surface area contributed by atoms with Crippen molar-refractivity contribution in [2.75, 3.05) is 13.2 Å². The Morgan fingerprint density at radius 2 is 0.487 bits per heavy atom. The largest absolute Gasteiger partial charge is 0.462 e. The molecular formula is C74H118O6. The van der Waals surface area contributed by atoms with Crippen LogP contribution in [0.2, 0.25) is 0 Å². The van der Waals surface area contributed by atoms with Crippen LogP contribution in [0, 0.1) is 0 Å². The summed E-state index contributed by atoms with van der Waals surface area (Å²) in [5.74, 6) is -0.941. The highest BCUT2D eigenvalue weighted by Crippen LogP contribution is 2.14. The molecule has 0 N–H and O–H groups in total. The summed E-state index contributed by atoms with van der Waals surface area (Å²) >= 11 is 0. The number of carbonyl (C=O) groups is 3. The monoisotopic (exact) mass is 1100 g/mol. The molecule has 0 aliphatic rings. The molecule has 450 valence electrons. The fourth-order valence-electron chi connectivity index (χ4n) is 8.44. The second-order valence-corrected chi connectivity index (χ2v) is 20.9. The molecule has 0 aliphatic carbocycles. The molecule has 0 bridgehead atoms. The number of unbranched alkanes of at least 4 members (excludes halogenated alkanes) is 20. The van der Waals surface area contributed by atoms with Crippen molar-refractivity contribution in [3.8, 4) is 0 Å². The van der Waals surface area contributed by atoms with Gasteiger partial charge >= 0.3 is 17.9 Å². The molecule has 0 spiro atoms. The summed E-state index contributed by atoms with van der Waals surface area (Å²) in [5, 5.41) is 0. The van der Waals surface area contributed by atoms with E-state index >= 15 is 0 Å². The second kappa shape index (κ2) is 66.5. The maximum Gasteiger partial charge on any atom is 0.306 e. The van der Waals surface area contributed by atoms with Crippen LogP contribution in [-0.4, -0.2) is 37.2 Å². The molecule has 0 heterocycles. The van der Waals surface area contributed by atoms with E-state index in [-0.39, 0.29) is 31.1 Å². The number of hydrogen-bond donors (Lipinski definition) is 0. The fourth-order valence-corrected chi connectivity index (χ4v) is 8.44. The van der Waals surface area contributed by atoms with Gasteiger partial charge in [-0.2, -0.15) is 0 Å². The first-order chi connectivity index (χ1) is 39.5. The Morgan fingerprint density at radius 3 is 0.775 bits per heavy atom. The third-order valence-electron chi connectivity index (χ3n) is 13.2. The van der Waals surface area contributed by atoms with Crippen molar-refractivity contribution in [3.05, 3.63) is 158 Å². The molecule has 0 radical (unpaired) electrons. The van der Waals surface area contributed by atoms with Crippen LogP contribution in [0.5, 0.6) is 0 Å². The van der Waals surface area contributed by atoms with Gasteiger partial charge in [0.2, 0.25) is 0 Å². The lowest BCUT2D eigenvalue weighted by molar-refractivity contribution is -0.167. The molecule has 1 atom stereocenters. The molecule has 1 unspecified atom stereocenters. The first kappa shape index (κ1) is 75.0. The molecule has 0 saturated heterocycles. The number of rotatable bonds is 57. The second-order valence-electron chi connectivity index (χ2n) is 20.9. The summed E-state index contributed by atoms with van der Waals surface area (Å²) in [6, 6.07) is 0. The van der Waals surface area contributed by atoms with Gasteiger partial charge in [0.05, 0.1) is 0 Å². The van der Waals surface area contributed by atoms with Crippen molar-refractivity contribution in [1.29, 1.82) is 0 Å². The van der Waals surface area contributed by atoms with E-state index < -0.39 is 6.10 Å². The van der Waals surface area contributed by atoms with E-state index in [1.165, 1.54) is 57.8 Å². The van der Waals surface area contributed by atoms with Crippen molar-refractivity contribution in [2.45, 2.75) is 277 Å². The van der Waals surface area contributed by atoms with Crippen LogP contribution in [0.4, 0.5) is 0 Å². The van der Waals surface area contributed by atoms with Crippen molar-refractivity contribution in [3.63, 3.8) is 0 Å². The lowest BCUT2D eigenvalue weighted by Crippen LogP contribution is -2.30. The van der Waals surface area contributed by atoms with E-state index in [2.05, 4.69) is 179 Å². The van der Waals surface area contributed by atoms with E-state index in [0.717, 1.165) is 173 Å². The average molecular weight is 1100 g/mol. The lowest BCUT2D eigenvalue weighted by Gasteiger charge is -2.18. The van der Waals surface area contributed by atoms with E-state index in [9.17, 15) is 14.4 Å². The van der Waals surface area contributed by atoms with Gasteiger partial charge < -0.3 is 14.2 Å². The van der Waals surface area contributed by atoms with Crippen molar-refractivity contribution in [1.82, 2.24) is 0 Å². The van der Waals surface area contributed by atoms with Gasteiger partial charge in [-0.25, -0.2) is 0 Å². The molecule has 6 nitrogen and oxygen atoms in total. The molecule has 0 aliphatic heterocycles. The molecule has 0 rings (SSSR count). The smallest absolute Gasteiger partial charge is 0.306 e. The molecule has 6 heteroatoms. The number of carbonyl (C=O) groups excluding carboxylic acids is 3. The predicted octanol–water partition coefficient (Wildman–Crippen LogP) is 22.5. The van der Waals surface area contributed by atoms with Crippen LogP contribution in [0.15, 0.2) is 158 Å². The first-order valence-corrected chi connectivity index (χ1v) is 32.5. The lowest BCUT2D eigenvalue weighted by atomic mass is 10.1. The average Bonchev–Trinajstić information content (AvgIpc) is 3.46. The Morgan fingerprint density at radius 1 is 0.263 bits per heavy atom. The molecule has 0 fully saturated rings. The topological polar surface area (TPSA) is 78.9 Å². The molecule has 0 amide bonds. The number of allylic oxidation sites excluding steroid dienone is 26.